The van der Waals surface area contributed by atoms with Gasteiger partial charge >= 0.3 is 0 Å². The molecule has 3 aromatic carbocycles. The first-order valence-electron chi connectivity index (χ1n) is 12.0. The van der Waals surface area contributed by atoms with Gasteiger partial charge in [0.2, 0.25) is 0 Å². The number of nitrogens with zero attached hydrogens (tertiary/aromatic N) is 2. The molecule has 2 aromatic heterocycles. The van der Waals surface area contributed by atoms with E-state index < -0.39 is 0 Å². The van der Waals surface area contributed by atoms with Crippen LogP contribution in [0.5, 0.6) is 0 Å². The number of carbonyl (C=O) groups excluding carboxylic acids is 2. The number of carbonyl (C=O) groups is 2. The maximum atomic E-state index is 14.0. The molecule has 5 heteroatoms. The summed E-state index contributed by atoms with van der Waals surface area (Å²) in [6.45, 7) is 1.16. The third kappa shape index (κ3) is 2.94. The number of nitrogens with one attached hydrogen (secondary N) is 1. The number of aromatic nitrogens is 2. The molecule has 0 unspecified atom stereocenters. The van der Waals surface area contributed by atoms with Gasteiger partial charge in [0.25, 0.3) is 11.8 Å². The smallest absolute Gasteiger partial charge is 0.262 e. The molecule has 170 valence electrons. The lowest BCUT2D eigenvalue weighted by atomic mass is 9.94. The maximum absolute atomic E-state index is 14.0. The number of hydrogen-bond donors (Lipinski definition) is 1. The second-order valence-corrected chi connectivity index (χ2v) is 9.33. The molecule has 0 spiro atoms. The van der Waals surface area contributed by atoms with Crippen LogP contribution in [0.2, 0.25) is 0 Å². The molecule has 2 aliphatic rings. The number of aryl methyl sites for hydroxylation is 2. The van der Waals surface area contributed by atoms with Crippen molar-refractivity contribution in [3.05, 3.63) is 107 Å². The highest BCUT2D eigenvalue weighted by Gasteiger charge is 2.41. The molecule has 1 N–H and O–H groups in total. The molecular weight excluding hydrogens is 434 g/mol. The fraction of sp³-hybridized carbons (Fsp3) is 0.133. The van der Waals surface area contributed by atoms with Gasteiger partial charge in [-0.05, 0) is 30.0 Å². The minimum atomic E-state index is -0.245. The van der Waals surface area contributed by atoms with Crippen LogP contribution in [0.15, 0.2) is 85.2 Å². The zero-order chi connectivity index (χ0) is 23.5. The van der Waals surface area contributed by atoms with Crippen molar-refractivity contribution in [2.24, 2.45) is 0 Å². The average molecular weight is 458 g/mol. The zero-order valence-electron chi connectivity index (χ0n) is 19.1. The predicted molar refractivity (Wildman–Crippen MR) is 137 cm³/mol. The van der Waals surface area contributed by atoms with Gasteiger partial charge in [-0.25, -0.2) is 0 Å². The minimum absolute atomic E-state index is 0.233. The third-order valence-electron chi connectivity index (χ3n) is 7.31. The Bertz CT molecular complexity index is 1690. The van der Waals surface area contributed by atoms with Gasteiger partial charge in [-0.1, -0.05) is 66.7 Å². The highest BCUT2D eigenvalue weighted by Crippen LogP contribution is 2.42. The molecule has 5 nitrogen and oxygen atoms in total. The summed E-state index contributed by atoms with van der Waals surface area (Å²) in [7, 11) is 0. The molecular formula is C30H23N3O2. The lowest BCUT2D eigenvalue weighted by Crippen LogP contribution is -2.30. The van der Waals surface area contributed by atoms with Gasteiger partial charge in [0.1, 0.15) is 0 Å². The van der Waals surface area contributed by atoms with Crippen molar-refractivity contribution in [2.75, 3.05) is 0 Å². The zero-order valence-corrected chi connectivity index (χ0v) is 19.1. The van der Waals surface area contributed by atoms with Crippen LogP contribution in [0.3, 0.4) is 0 Å². The molecule has 2 aliphatic heterocycles. The molecule has 0 bridgehead atoms. The summed E-state index contributed by atoms with van der Waals surface area (Å²) in [6.07, 6.45) is 6.04. The summed E-state index contributed by atoms with van der Waals surface area (Å²) in [4.78, 5) is 32.7. The van der Waals surface area contributed by atoms with Gasteiger partial charge in [0.15, 0.2) is 0 Å². The molecule has 5 aromatic rings. The normalized spacial score (nSPS) is 15.7. The largest absolute Gasteiger partial charge is 0.361 e. The number of H-pyrrole nitrogens is 1. The van der Waals surface area contributed by atoms with Gasteiger partial charge < -0.3 is 9.55 Å². The predicted octanol–water partition coefficient (Wildman–Crippen LogP) is 5.55. The molecule has 0 fully saturated rings. The van der Waals surface area contributed by atoms with E-state index in [1.807, 2.05) is 60.8 Å². The van der Waals surface area contributed by atoms with Crippen LogP contribution in [0.1, 0.15) is 28.7 Å². The van der Waals surface area contributed by atoms with E-state index >= 15 is 0 Å². The summed E-state index contributed by atoms with van der Waals surface area (Å²) in [5, 5.41) is 1.98. The number of hydrogen-bond acceptors (Lipinski definition) is 2. The molecule has 4 heterocycles. The van der Waals surface area contributed by atoms with Gasteiger partial charge in [-0.3, -0.25) is 14.5 Å². The number of imide groups is 1. The van der Waals surface area contributed by atoms with Crippen LogP contribution in [0.4, 0.5) is 0 Å². The van der Waals surface area contributed by atoms with Crippen molar-refractivity contribution < 1.29 is 9.59 Å². The van der Waals surface area contributed by atoms with Crippen molar-refractivity contribution in [3.8, 4) is 0 Å². The van der Waals surface area contributed by atoms with E-state index in [1.165, 1.54) is 16.0 Å². The Morgan fingerprint density at radius 3 is 2.37 bits per heavy atom. The first-order valence-corrected chi connectivity index (χ1v) is 12.0. The van der Waals surface area contributed by atoms with E-state index in [0.29, 0.717) is 11.1 Å². The van der Waals surface area contributed by atoms with E-state index in [4.69, 9.17) is 0 Å². The monoisotopic (exact) mass is 457 g/mol. The second-order valence-electron chi connectivity index (χ2n) is 9.33. The lowest BCUT2D eigenvalue weighted by molar-refractivity contribution is -0.136. The first kappa shape index (κ1) is 20.0. The Morgan fingerprint density at radius 1 is 0.771 bits per heavy atom. The van der Waals surface area contributed by atoms with Gasteiger partial charge in [-0.2, -0.15) is 0 Å². The number of aromatic amines is 1. The summed E-state index contributed by atoms with van der Waals surface area (Å²) in [6, 6.07) is 23.9. The van der Waals surface area contributed by atoms with Crippen molar-refractivity contribution >= 4 is 44.8 Å². The Labute approximate surface area is 202 Å². The van der Waals surface area contributed by atoms with Crippen LogP contribution in [-0.4, -0.2) is 26.3 Å². The summed E-state index contributed by atoms with van der Waals surface area (Å²) >= 11 is 0. The molecule has 35 heavy (non-hydrogen) atoms. The molecule has 2 amide bonds. The van der Waals surface area contributed by atoms with Crippen LogP contribution < -0.4 is 0 Å². The molecule has 0 saturated heterocycles. The van der Waals surface area contributed by atoms with Crippen molar-refractivity contribution in [1.29, 1.82) is 0 Å². The molecule has 0 atom stereocenters. The fourth-order valence-electron chi connectivity index (χ4n) is 5.72. The van der Waals surface area contributed by atoms with Crippen LogP contribution in [0, 0.1) is 0 Å². The first-order chi connectivity index (χ1) is 17.2. The van der Waals surface area contributed by atoms with E-state index in [2.05, 4.69) is 33.9 Å². The second kappa shape index (κ2) is 7.57. The van der Waals surface area contributed by atoms with Crippen molar-refractivity contribution in [1.82, 2.24) is 14.5 Å². The Balaban J connectivity index is 1.48. The standard InChI is InChI=1S/C30H23N3O2/c34-29-26(23-16-31-25-14-5-4-12-21(23)25)27(30(35)33(29)17-19-8-2-1-3-9-19)24-18-32-15-7-11-20-10-6-13-22(24)28(20)32/h1-6,8-10,12-14,16,18,31H,7,11,15,17H2. The number of rotatable bonds is 4. The summed E-state index contributed by atoms with van der Waals surface area (Å²) in [5.74, 6) is -0.478. The van der Waals surface area contributed by atoms with Crippen LogP contribution >= 0.6 is 0 Å². The highest BCUT2D eigenvalue weighted by molar-refractivity contribution is 6.50. The topological polar surface area (TPSA) is 58.1 Å². The highest BCUT2D eigenvalue weighted by atomic mass is 16.2. The van der Waals surface area contributed by atoms with Crippen molar-refractivity contribution in [3.63, 3.8) is 0 Å². The van der Waals surface area contributed by atoms with Gasteiger partial charge in [-0.15, -0.1) is 0 Å². The van der Waals surface area contributed by atoms with Gasteiger partial charge in [0.05, 0.1) is 23.2 Å². The Morgan fingerprint density at radius 2 is 1.51 bits per heavy atom. The van der Waals surface area contributed by atoms with E-state index in [1.54, 1.807) is 0 Å². The molecule has 0 saturated carbocycles. The summed E-state index contributed by atoms with van der Waals surface area (Å²) in [5.41, 5.74) is 6.95. The average Bonchev–Trinajstić information content (AvgIpc) is 3.55. The number of fused-ring (bicyclic) bond motifs is 1. The van der Waals surface area contributed by atoms with E-state index in [9.17, 15) is 9.59 Å². The third-order valence-corrected chi connectivity index (χ3v) is 7.31. The number of amides is 2. The van der Waals surface area contributed by atoms with Gasteiger partial charge in [0, 0.05) is 46.4 Å². The summed E-state index contributed by atoms with van der Waals surface area (Å²) < 4.78 is 2.25. The quantitative estimate of drug-likeness (QED) is 0.360. The lowest BCUT2D eigenvalue weighted by Gasteiger charge is -2.15. The number of benzene rings is 3. The number of para-hydroxylation sites is 2. The van der Waals surface area contributed by atoms with Crippen molar-refractivity contribution in [2.45, 2.75) is 25.9 Å². The maximum Gasteiger partial charge on any atom is 0.262 e. The van der Waals surface area contributed by atoms with E-state index in [-0.39, 0.29) is 18.4 Å². The fourth-order valence-corrected chi connectivity index (χ4v) is 5.72. The Hall–Kier alpha value is -4.38. The van der Waals surface area contributed by atoms with Crippen LogP contribution in [-0.2, 0) is 29.1 Å². The molecule has 7 rings (SSSR count). The SMILES string of the molecule is O=C1C(c2c[nH]c3ccccc23)=C(c2cn3c4c(cccc24)CCC3)C(=O)N1Cc1ccccc1. The molecule has 0 radical (unpaired) electrons. The van der Waals surface area contributed by atoms with Crippen LogP contribution in [0.25, 0.3) is 33.0 Å². The molecule has 0 aliphatic carbocycles. The minimum Gasteiger partial charge on any atom is -0.361 e. The van der Waals surface area contributed by atoms with E-state index in [0.717, 1.165) is 52.4 Å². The Kier molecular flexibility index (Phi) is 4.33.